The second-order valence-corrected chi connectivity index (χ2v) is 4.28. The molecule has 0 saturated carbocycles. The minimum absolute atomic E-state index is 0.300. The van der Waals surface area contributed by atoms with Gasteiger partial charge in [-0.25, -0.2) is 4.39 Å². The molecule has 0 amide bonds. The van der Waals surface area contributed by atoms with Gasteiger partial charge < -0.3 is 5.73 Å². The molecule has 1 heterocycles. The maximum Gasteiger partial charge on any atom is 0.123 e. The van der Waals surface area contributed by atoms with E-state index in [1.165, 1.54) is 18.3 Å². The van der Waals surface area contributed by atoms with Crippen molar-refractivity contribution >= 4 is 11.6 Å². The molecule has 0 radical (unpaired) electrons. The van der Waals surface area contributed by atoms with Crippen LogP contribution in [0.2, 0.25) is 5.02 Å². The van der Waals surface area contributed by atoms with Crippen molar-refractivity contribution in [1.82, 2.24) is 4.98 Å². The molecule has 0 spiro atoms. The van der Waals surface area contributed by atoms with Crippen LogP contribution in [0.25, 0.3) is 0 Å². The van der Waals surface area contributed by atoms with E-state index in [1.807, 2.05) is 6.92 Å². The summed E-state index contributed by atoms with van der Waals surface area (Å²) in [5, 5.41) is 0.490. The first-order chi connectivity index (χ1) is 8.09. The molecule has 0 aliphatic rings. The van der Waals surface area contributed by atoms with Crippen LogP contribution in [0.3, 0.4) is 0 Å². The molecule has 4 heteroatoms. The number of pyridine rings is 1. The number of rotatable bonds is 2. The SMILES string of the molecule is Cc1ccc(F)cc1C(N)c1ccncc1Cl. The van der Waals surface area contributed by atoms with Crippen LogP contribution in [0.5, 0.6) is 0 Å². The Kier molecular flexibility index (Phi) is 3.41. The predicted octanol–water partition coefficient (Wildman–Crippen LogP) is 3.23. The lowest BCUT2D eigenvalue weighted by Crippen LogP contribution is -2.14. The molecule has 1 atom stereocenters. The zero-order valence-electron chi connectivity index (χ0n) is 9.32. The summed E-state index contributed by atoms with van der Waals surface area (Å²) < 4.78 is 13.2. The van der Waals surface area contributed by atoms with Gasteiger partial charge in [0.25, 0.3) is 0 Å². The number of hydrogen-bond donors (Lipinski definition) is 1. The number of hydrogen-bond acceptors (Lipinski definition) is 2. The van der Waals surface area contributed by atoms with Crippen molar-refractivity contribution in [1.29, 1.82) is 0 Å². The molecule has 0 aliphatic heterocycles. The number of nitrogens with zero attached hydrogens (tertiary/aromatic N) is 1. The largest absolute Gasteiger partial charge is 0.320 e. The summed E-state index contributed by atoms with van der Waals surface area (Å²) >= 11 is 6.02. The molecular weight excluding hydrogens is 239 g/mol. The third-order valence-electron chi connectivity index (χ3n) is 2.72. The predicted molar refractivity (Wildman–Crippen MR) is 66.4 cm³/mol. The number of benzene rings is 1. The highest BCUT2D eigenvalue weighted by molar-refractivity contribution is 6.31. The van der Waals surface area contributed by atoms with Crippen molar-refractivity contribution in [3.05, 3.63) is 64.2 Å². The summed E-state index contributed by atoms with van der Waals surface area (Å²) in [6.07, 6.45) is 3.15. The monoisotopic (exact) mass is 250 g/mol. The Bertz CT molecular complexity index is 543. The van der Waals surface area contributed by atoms with Crippen molar-refractivity contribution < 1.29 is 4.39 Å². The highest BCUT2D eigenvalue weighted by atomic mass is 35.5. The van der Waals surface area contributed by atoms with E-state index in [9.17, 15) is 4.39 Å². The first-order valence-corrected chi connectivity index (χ1v) is 5.58. The normalized spacial score (nSPS) is 12.5. The lowest BCUT2D eigenvalue weighted by molar-refractivity contribution is 0.622. The van der Waals surface area contributed by atoms with Gasteiger partial charge in [0.2, 0.25) is 0 Å². The number of aromatic nitrogens is 1. The molecule has 17 heavy (non-hydrogen) atoms. The van der Waals surface area contributed by atoms with E-state index in [4.69, 9.17) is 17.3 Å². The fourth-order valence-electron chi connectivity index (χ4n) is 1.75. The third kappa shape index (κ3) is 2.46. The smallest absolute Gasteiger partial charge is 0.123 e. The highest BCUT2D eigenvalue weighted by Gasteiger charge is 2.15. The molecule has 2 aromatic rings. The van der Waals surface area contributed by atoms with Gasteiger partial charge in [-0.3, -0.25) is 4.98 Å². The molecule has 1 aromatic heterocycles. The molecule has 2 N–H and O–H groups in total. The van der Waals surface area contributed by atoms with Crippen LogP contribution in [-0.4, -0.2) is 4.98 Å². The van der Waals surface area contributed by atoms with Crippen LogP contribution in [0.4, 0.5) is 4.39 Å². The van der Waals surface area contributed by atoms with E-state index in [-0.39, 0.29) is 5.82 Å². The molecule has 0 bridgehead atoms. The topological polar surface area (TPSA) is 38.9 Å². The van der Waals surface area contributed by atoms with Crippen LogP contribution < -0.4 is 5.73 Å². The molecule has 2 rings (SSSR count). The zero-order chi connectivity index (χ0) is 12.4. The molecule has 0 fully saturated rings. The minimum Gasteiger partial charge on any atom is -0.320 e. The summed E-state index contributed by atoms with van der Waals surface area (Å²) in [6, 6.07) is 5.87. The molecule has 0 saturated heterocycles. The summed E-state index contributed by atoms with van der Waals surface area (Å²) in [5.41, 5.74) is 8.52. The molecule has 88 valence electrons. The van der Waals surface area contributed by atoms with Crippen LogP contribution in [0.1, 0.15) is 22.7 Å². The summed E-state index contributed by atoms with van der Waals surface area (Å²) in [6.45, 7) is 1.89. The maximum absolute atomic E-state index is 13.2. The minimum atomic E-state index is -0.443. The lowest BCUT2D eigenvalue weighted by atomic mass is 9.96. The van der Waals surface area contributed by atoms with Crippen molar-refractivity contribution in [2.24, 2.45) is 5.73 Å². The molecular formula is C13H12ClFN2. The Hall–Kier alpha value is -1.45. The maximum atomic E-state index is 13.2. The quantitative estimate of drug-likeness (QED) is 0.889. The highest BCUT2D eigenvalue weighted by Crippen LogP contribution is 2.27. The molecule has 1 unspecified atom stereocenters. The van der Waals surface area contributed by atoms with Gasteiger partial charge in [0.1, 0.15) is 5.82 Å². The standard InChI is InChI=1S/C13H12ClFN2/c1-8-2-3-9(15)6-11(8)13(16)10-4-5-17-7-12(10)14/h2-7,13H,16H2,1H3. The Labute approximate surface area is 104 Å². The first-order valence-electron chi connectivity index (χ1n) is 5.20. The van der Waals surface area contributed by atoms with Crippen LogP contribution in [-0.2, 0) is 0 Å². The fraction of sp³-hybridized carbons (Fsp3) is 0.154. The van der Waals surface area contributed by atoms with E-state index in [1.54, 1.807) is 18.3 Å². The van der Waals surface area contributed by atoms with Gasteiger partial charge in [0.15, 0.2) is 0 Å². The van der Waals surface area contributed by atoms with Gasteiger partial charge in [0, 0.05) is 12.4 Å². The lowest BCUT2D eigenvalue weighted by Gasteiger charge is -2.16. The average molecular weight is 251 g/mol. The number of aryl methyl sites for hydroxylation is 1. The Morgan fingerprint density at radius 1 is 1.29 bits per heavy atom. The summed E-state index contributed by atoms with van der Waals surface area (Å²) in [4.78, 5) is 3.90. The number of nitrogens with two attached hydrogens (primary N) is 1. The van der Waals surface area contributed by atoms with Crippen molar-refractivity contribution in [3.8, 4) is 0 Å². The van der Waals surface area contributed by atoms with Crippen LogP contribution in [0, 0.1) is 12.7 Å². The van der Waals surface area contributed by atoms with Gasteiger partial charge >= 0.3 is 0 Å². The Balaban J connectivity index is 2.47. The summed E-state index contributed by atoms with van der Waals surface area (Å²) in [7, 11) is 0. The van der Waals surface area contributed by atoms with E-state index in [2.05, 4.69) is 4.98 Å². The van der Waals surface area contributed by atoms with Crippen LogP contribution >= 0.6 is 11.6 Å². The van der Waals surface area contributed by atoms with Gasteiger partial charge in [0.05, 0.1) is 11.1 Å². The number of halogens is 2. The second-order valence-electron chi connectivity index (χ2n) is 3.88. The van der Waals surface area contributed by atoms with E-state index >= 15 is 0 Å². The van der Waals surface area contributed by atoms with E-state index < -0.39 is 6.04 Å². The average Bonchev–Trinajstić information content (AvgIpc) is 2.32. The van der Waals surface area contributed by atoms with Gasteiger partial charge in [-0.05, 0) is 41.8 Å². The fourth-order valence-corrected chi connectivity index (χ4v) is 1.99. The van der Waals surface area contributed by atoms with Crippen LogP contribution in [0.15, 0.2) is 36.7 Å². The zero-order valence-corrected chi connectivity index (χ0v) is 10.1. The van der Waals surface area contributed by atoms with E-state index in [0.29, 0.717) is 5.02 Å². The van der Waals surface area contributed by atoms with Crippen molar-refractivity contribution in [2.75, 3.05) is 0 Å². The van der Waals surface area contributed by atoms with Gasteiger partial charge in [-0.1, -0.05) is 17.7 Å². The molecule has 1 aromatic carbocycles. The molecule has 2 nitrogen and oxygen atoms in total. The van der Waals surface area contributed by atoms with Crippen molar-refractivity contribution in [3.63, 3.8) is 0 Å². The van der Waals surface area contributed by atoms with Gasteiger partial charge in [-0.15, -0.1) is 0 Å². The first kappa shape index (κ1) is 12.0. The molecule has 0 aliphatic carbocycles. The van der Waals surface area contributed by atoms with E-state index in [0.717, 1.165) is 16.7 Å². The third-order valence-corrected chi connectivity index (χ3v) is 3.03. The Morgan fingerprint density at radius 3 is 2.76 bits per heavy atom. The van der Waals surface area contributed by atoms with Crippen molar-refractivity contribution in [2.45, 2.75) is 13.0 Å². The Morgan fingerprint density at radius 2 is 2.06 bits per heavy atom. The summed E-state index contributed by atoms with van der Waals surface area (Å²) in [5.74, 6) is -0.300. The second kappa shape index (κ2) is 4.82. The van der Waals surface area contributed by atoms with Gasteiger partial charge in [-0.2, -0.15) is 0 Å².